The summed E-state index contributed by atoms with van der Waals surface area (Å²) in [6.07, 6.45) is 5.12. The summed E-state index contributed by atoms with van der Waals surface area (Å²) in [7, 11) is 2.24. The molecule has 108 valence electrons. The molecule has 2 rings (SSSR count). The van der Waals surface area contributed by atoms with Crippen LogP contribution in [0.25, 0.3) is 0 Å². The number of hydrogen-bond acceptors (Lipinski definition) is 4. The molecule has 1 heterocycles. The number of rotatable bonds is 4. The maximum Gasteiger partial charge on any atom is 0.0798 e. The molecule has 1 aliphatic carbocycles. The molecule has 3 nitrogen and oxygen atoms in total. The van der Waals surface area contributed by atoms with Crippen molar-refractivity contribution in [3.05, 3.63) is 16.1 Å². The highest BCUT2D eigenvalue weighted by atomic mass is 32.1. The summed E-state index contributed by atoms with van der Waals surface area (Å²) < 4.78 is 0. The van der Waals surface area contributed by atoms with Gasteiger partial charge in [-0.05, 0) is 32.2 Å². The molecule has 1 aliphatic rings. The fraction of sp³-hybridized carbons (Fsp3) is 0.800. The Hall–Kier alpha value is -0.450. The van der Waals surface area contributed by atoms with Crippen molar-refractivity contribution in [1.29, 1.82) is 0 Å². The zero-order chi connectivity index (χ0) is 14.1. The van der Waals surface area contributed by atoms with Crippen LogP contribution < -0.4 is 5.73 Å². The highest BCUT2D eigenvalue weighted by Crippen LogP contribution is 2.47. The lowest BCUT2D eigenvalue weighted by Crippen LogP contribution is -2.62. The van der Waals surface area contributed by atoms with Gasteiger partial charge in [-0.3, -0.25) is 4.90 Å². The van der Waals surface area contributed by atoms with Gasteiger partial charge in [-0.25, -0.2) is 4.98 Å². The van der Waals surface area contributed by atoms with E-state index < -0.39 is 0 Å². The molecule has 1 atom stereocenters. The minimum absolute atomic E-state index is 0.127. The number of nitrogens with zero attached hydrogens (tertiary/aromatic N) is 2. The van der Waals surface area contributed by atoms with E-state index >= 15 is 0 Å². The Morgan fingerprint density at radius 2 is 2.05 bits per heavy atom. The van der Waals surface area contributed by atoms with Crippen LogP contribution in [-0.4, -0.2) is 29.0 Å². The Morgan fingerprint density at radius 3 is 2.58 bits per heavy atom. The molecule has 1 aromatic rings. The molecular weight excluding hydrogens is 254 g/mol. The molecule has 2 N–H and O–H groups in total. The van der Waals surface area contributed by atoms with E-state index in [4.69, 9.17) is 5.73 Å². The van der Waals surface area contributed by atoms with E-state index in [1.165, 1.54) is 30.6 Å². The van der Waals surface area contributed by atoms with Gasteiger partial charge >= 0.3 is 0 Å². The van der Waals surface area contributed by atoms with Crippen LogP contribution in [0.15, 0.2) is 5.51 Å². The minimum atomic E-state index is 0.127. The summed E-state index contributed by atoms with van der Waals surface area (Å²) in [5.74, 6) is 0. The lowest BCUT2D eigenvalue weighted by atomic mass is 9.62. The summed E-state index contributed by atoms with van der Waals surface area (Å²) in [6.45, 7) is 8.58. The maximum atomic E-state index is 6.23. The van der Waals surface area contributed by atoms with Gasteiger partial charge in [0, 0.05) is 23.5 Å². The number of aromatic nitrogens is 1. The Balaban J connectivity index is 2.23. The lowest BCUT2D eigenvalue weighted by Gasteiger charge is -2.55. The zero-order valence-electron chi connectivity index (χ0n) is 12.7. The molecule has 0 bridgehead atoms. The van der Waals surface area contributed by atoms with Gasteiger partial charge in [-0.1, -0.05) is 26.7 Å². The highest BCUT2D eigenvalue weighted by molar-refractivity contribution is 7.09. The predicted octanol–water partition coefficient (Wildman–Crippen LogP) is 3.18. The van der Waals surface area contributed by atoms with Crippen molar-refractivity contribution < 1.29 is 0 Å². The first-order chi connectivity index (χ1) is 8.93. The van der Waals surface area contributed by atoms with Crippen molar-refractivity contribution in [3.8, 4) is 0 Å². The molecule has 1 aromatic heterocycles. The molecule has 0 saturated heterocycles. The van der Waals surface area contributed by atoms with E-state index in [0.29, 0.717) is 0 Å². The topological polar surface area (TPSA) is 42.2 Å². The summed E-state index contributed by atoms with van der Waals surface area (Å²) in [6, 6.07) is 0. The average Bonchev–Trinajstić information content (AvgIpc) is 2.75. The fourth-order valence-corrected chi connectivity index (χ4v) is 4.47. The van der Waals surface area contributed by atoms with Crippen LogP contribution in [-0.2, 0) is 6.54 Å². The van der Waals surface area contributed by atoms with E-state index in [9.17, 15) is 0 Å². The van der Waals surface area contributed by atoms with Crippen LogP contribution in [0.1, 0.15) is 50.1 Å². The summed E-state index contributed by atoms with van der Waals surface area (Å²) in [5.41, 5.74) is 9.75. The minimum Gasteiger partial charge on any atom is -0.329 e. The van der Waals surface area contributed by atoms with Crippen LogP contribution >= 0.6 is 11.3 Å². The molecule has 19 heavy (non-hydrogen) atoms. The van der Waals surface area contributed by atoms with Crippen molar-refractivity contribution in [2.75, 3.05) is 13.6 Å². The first-order valence-corrected chi connectivity index (χ1v) is 8.11. The van der Waals surface area contributed by atoms with Gasteiger partial charge in [0.15, 0.2) is 0 Å². The molecule has 0 aromatic carbocycles. The van der Waals surface area contributed by atoms with Crippen LogP contribution in [0.4, 0.5) is 0 Å². The number of thiazole rings is 1. The first kappa shape index (κ1) is 14.9. The predicted molar refractivity (Wildman–Crippen MR) is 82.4 cm³/mol. The Labute approximate surface area is 121 Å². The number of likely N-dealkylation sites (N-methyl/N-ethyl adjacent to an activating group) is 1. The molecule has 0 aliphatic heterocycles. The van der Waals surface area contributed by atoms with E-state index in [-0.39, 0.29) is 11.0 Å². The van der Waals surface area contributed by atoms with Gasteiger partial charge in [0.25, 0.3) is 0 Å². The first-order valence-electron chi connectivity index (χ1n) is 7.23. The van der Waals surface area contributed by atoms with Crippen LogP contribution in [0.3, 0.4) is 0 Å². The second-order valence-corrected chi connectivity index (χ2v) is 7.48. The van der Waals surface area contributed by atoms with Crippen molar-refractivity contribution in [2.24, 2.45) is 11.1 Å². The summed E-state index contributed by atoms with van der Waals surface area (Å²) in [5, 5.41) is 0. The largest absolute Gasteiger partial charge is 0.329 e. The van der Waals surface area contributed by atoms with Crippen LogP contribution in [0, 0.1) is 12.3 Å². The third-order valence-corrected chi connectivity index (χ3v) is 6.12. The summed E-state index contributed by atoms with van der Waals surface area (Å²) in [4.78, 5) is 8.22. The Morgan fingerprint density at radius 1 is 1.37 bits per heavy atom. The highest BCUT2D eigenvalue weighted by Gasteiger charge is 2.48. The third-order valence-electron chi connectivity index (χ3n) is 5.20. The zero-order valence-corrected chi connectivity index (χ0v) is 13.5. The third kappa shape index (κ3) is 2.58. The van der Waals surface area contributed by atoms with Gasteiger partial charge in [0.05, 0.1) is 11.2 Å². The van der Waals surface area contributed by atoms with Crippen molar-refractivity contribution in [2.45, 2.75) is 58.5 Å². The van der Waals surface area contributed by atoms with Gasteiger partial charge in [0.1, 0.15) is 0 Å². The molecule has 1 saturated carbocycles. The number of hydrogen-bond donors (Lipinski definition) is 1. The number of aryl methyl sites for hydroxylation is 1. The van der Waals surface area contributed by atoms with E-state index in [2.05, 4.69) is 37.7 Å². The van der Waals surface area contributed by atoms with Gasteiger partial charge in [0.2, 0.25) is 0 Å². The molecule has 0 amide bonds. The molecule has 0 radical (unpaired) electrons. The lowest BCUT2D eigenvalue weighted by molar-refractivity contribution is -0.0330. The normalized spacial score (nSPS) is 26.8. The second kappa shape index (κ2) is 5.51. The van der Waals surface area contributed by atoms with Crippen molar-refractivity contribution in [1.82, 2.24) is 9.88 Å². The molecular formula is C15H27N3S. The van der Waals surface area contributed by atoms with Gasteiger partial charge < -0.3 is 5.73 Å². The SMILES string of the molecule is Cc1ncsc1CN(C)C1(CN)CCCCC1(C)C. The Kier molecular flexibility index (Phi) is 4.33. The molecule has 0 spiro atoms. The monoisotopic (exact) mass is 281 g/mol. The second-order valence-electron chi connectivity index (χ2n) is 6.54. The standard InChI is InChI=1S/C15H27N3S/c1-12-13(19-11-17-12)9-18(4)15(10-16)8-6-5-7-14(15,2)3/h11H,5-10,16H2,1-4H3. The Bertz CT molecular complexity index is 427. The average molecular weight is 281 g/mol. The fourth-order valence-electron chi connectivity index (χ4n) is 3.64. The molecule has 1 fully saturated rings. The van der Waals surface area contributed by atoms with Crippen molar-refractivity contribution >= 4 is 11.3 Å². The van der Waals surface area contributed by atoms with E-state index in [1.807, 2.05) is 5.51 Å². The summed E-state index contributed by atoms with van der Waals surface area (Å²) >= 11 is 1.76. The number of nitrogens with two attached hydrogens (primary N) is 1. The van der Waals surface area contributed by atoms with Crippen LogP contribution in [0.2, 0.25) is 0 Å². The van der Waals surface area contributed by atoms with Crippen LogP contribution in [0.5, 0.6) is 0 Å². The van der Waals surface area contributed by atoms with E-state index in [1.54, 1.807) is 11.3 Å². The van der Waals surface area contributed by atoms with Gasteiger partial charge in [-0.15, -0.1) is 11.3 Å². The smallest absolute Gasteiger partial charge is 0.0798 e. The quantitative estimate of drug-likeness (QED) is 0.921. The van der Waals surface area contributed by atoms with Crippen molar-refractivity contribution in [3.63, 3.8) is 0 Å². The van der Waals surface area contributed by atoms with Gasteiger partial charge in [-0.2, -0.15) is 0 Å². The molecule has 4 heteroatoms. The maximum absolute atomic E-state index is 6.23. The van der Waals surface area contributed by atoms with E-state index in [0.717, 1.165) is 18.8 Å². The molecule has 1 unspecified atom stereocenters.